The van der Waals surface area contributed by atoms with E-state index >= 15 is 0 Å². The molecule has 0 unspecified atom stereocenters. The molecule has 0 radical (unpaired) electrons. The smallest absolute Gasteiger partial charge is 0.181 e. The average molecular weight is 203 g/mol. The Kier molecular flexibility index (Phi) is 2.25. The molecule has 76 valence electrons. The number of aromatic nitrogens is 1. The van der Waals surface area contributed by atoms with E-state index in [1.807, 2.05) is 0 Å². The first kappa shape index (κ1) is 9.45. The van der Waals surface area contributed by atoms with E-state index in [0.717, 1.165) is 0 Å². The van der Waals surface area contributed by atoms with E-state index < -0.39 is 0 Å². The van der Waals surface area contributed by atoms with Crippen LogP contribution < -0.4 is 0 Å². The van der Waals surface area contributed by atoms with Crippen molar-refractivity contribution in [3.05, 3.63) is 36.0 Å². The highest BCUT2D eigenvalue weighted by Gasteiger charge is 2.09. The molecule has 0 aliphatic heterocycles. The zero-order valence-corrected chi connectivity index (χ0v) is 8.10. The number of hydrogen-bond donors (Lipinski definition) is 1. The quantitative estimate of drug-likeness (QED) is 0.760. The number of rotatable bonds is 2. The lowest BCUT2D eigenvalue weighted by atomic mass is 10.1. The van der Waals surface area contributed by atoms with Crippen molar-refractivity contribution in [1.82, 2.24) is 5.16 Å². The molecule has 0 spiro atoms. The molecule has 4 nitrogen and oxygen atoms in total. The summed E-state index contributed by atoms with van der Waals surface area (Å²) in [6.45, 7) is 1.42. The van der Waals surface area contributed by atoms with Crippen molar-refractivity contribution in [2.75, 3.05) is 0 Å². The third kappa shape index (κ3) is 1.88. The van der Waals surface area contributed by atoms with Crippen LogP contribution in [0.25, 0.3) is 11.3 Å². The minimum atomic E-state index is -0.148. The number of nitrogens with zero attached hydrogens (tertiary/aromatic N) is 1. The summed E-state index contributed by atoms with van der Waals surface area (Å²) < 4.78 is 4.99. The number of phenols is 1. The highest BCUT2D eigenvalue weighted by atomic mass is 16.5. The first-order valence-corrected chi connectivity index (χ1v) is 4.44. The molecule has 0 aliphatic carbocycles. The fraction of sp³-hybridized carbons (Fsp3) is 0.0909. The molecule has 0 aliphatic rings. The first-order chi connectivity index (χ1) is 7.16. The Morgan fingerprint density at radius 2 is 2.20 bits per heavy atom. The van der Waals surface area contributed by atoms with E-state index in [-0.39, 0.29) is 17.2 Å². The van der Waals surface area contributed by atoms with Gasteiger partial charge in [-0.05, 0) is 12.1 Å². The molecule has 0 amide bonds. The molecule has 4 heteroatoms. The van der Waals surface area contributed by atoms with Crippen LogP contribution in [0, 0.1) is 0 Å². The number of benzene rings is 1. The van der Waals surface area contributed by atoms with E-state index in [0.29, 0.717) is 11.3 Å². The molecule has 0 fully saturated rings. The molecule has 2 rings (SSSR count). The number of carbonyl (C=O) groups is 1. The van der Waals surface area contributed by atoms with Crippen molar-refractivity contribution < 1.29 is 14.4 Å². The summed E-state index contributed by atoms with van der Waals surface area (Å²) in [5.41, 5.74) is 0.975. The fourth-order valence-electron chi connectivity index (χ4n) is 1.24. The van der Waals surface area contributed by atoms with Crippen molar-refractivity contribution in [3.8, 4) is 17.1 Å². The number of hydrogen-bond acceptors (Lipinski definition) is 4. The Balaban J connectivity index is 2.41. The van der Waals surface area contributed by atoms with Crippen LogP contribution in [0.3, 0.4) is 0 Å². The second kappa shape index (κ2) is 3.57. The van der Waals surface area contributed by atoms with Crippen LogP contribution >= 0.6 is 0 Å². The highest BCUT2D eigenvalue weighted by Crippen LogP contribution is 2.23. The van der Waals surface area contributed by atoms with Crippen molar-refractivity contribution in [3.63, 3.8) is 0 Å². The summed E-state index contributed by atoms with van der Waals surface area (Å²) in [6, 6.07) is 8.12. The lowest BCUT2D eigenvalue weighted by molar-refractivity contribution is 0.100. The standard InChI is InChI=1S/C11H9NO3/c1-7(13)10-6-11(15-12-10)8-3-2-4-9(14)5-8/h2-6,14H,1H3. The van der Waals surface area contributed by atoms with E-state index in [9.17, 15) is 9.90 Å². The van der Waals surface area contributed by atoms with E-state index in [2.05, 4.69) is 5.16 Å². The van der Waals surface area contributed by atoms with Gasteiger partial charge in [-0.2, -0.15) is 0 Å². The van der Waals surface area contributed by atoms with Gasteiger partial charge in [0.05, 0.1) is 0 Å². The monoisotopic (exact) mass is 203 g/mol. The lowest BCUT2D eigenvalue weighted by Gasteiger charge is -1.94. The van der Waals surface area contributed by atoms with Crippen LogP contribution in [0.2, 0.25) is 0 Å². The Morgan fingerprint density at radius 3 is 2.80 bits per heavy atom. The van der Waals surface area contributed by atoms with Gasteiger partial charge in [0.15, 0.2) is 11.5 Å². The molecule has 1 aromatic carbocycles. The largest absolute Gasteiger partial charge is 0.508 e. The van der Waals surface area contributed by atoms with Gasteiger partial charge < -0.3 is 9.63 Å². The van der Waals surface area contributed by atoms with Crippen LogP contribution in [-0.2, 0) is 0 Å². The van der Waals surface area contributed by atoms with Gasteiger partial charge >= 0.3 is 0 Å². The maximum Gasteiger partial charge on any atom is 0.181 e. The number of carbonyl (C=O) groups excluding carboxylic acids is 1. The van der Waals surface area contributed by atoms with Gasteiger partial charge in [0.25, 0.3) is 0 Å². The second-order valence-electron chi connectivity index (χ2n) is 3.18. The number of Topliss-reactive ketones (excluding diaryl/α,β-unsaturated/α-hetero) is 1. The third-order valence-corrected chi connectivity index (χ3v) is 2.00. The third-order valence-electron chi connectivity index (χ3n) is 2.00. The molecule has 2 aromatic rings. The SMILES string of the molecule is CC(=O)c1cc(-c2cccc(O)c2)on1. The molecule has 1 heterocycles. The van der Waals surface area contributed by atoms with Crippen molar-refractivity contribution in [1.29, 1.82) is 0 Å². The molecule has 0 saturated carbocycles. The van der Waals surface area contributed by atoms with Crippen LogP contribution in [0.15, 0.2) is 34.9 Å². The zero-order chi connectivity index (χ0) is 10.8. The van der Waals surface area contributed by atoms with Crippen molar-refractivity contribution in [2.24, 2.45) is 0 Å². The first-order valence-electron chi connectivity index (χ1n) is 4.44. The summed E-state index contributed by atoms with van der Waals surface area (Å²) in [5.74, 6) is 0.467. The van der Waals surface area contributed by atoms with Gasteiger partial charge in [-0.1, -0.05) is 17.3 Å². The van der Waals surface area contributed by atoms with E-state index in [1.54, 1.807) is 30.3 Å². The number of phenolic OH excluding ortho intramolecular Hbond substituents is 1. The fourth-order valence-corrected chi connectivity index (χ4v) is 1.24. The number of aromatic hydroxyl groups is 1. The number of ketones is 1. The molecular weight excluding hydrogens is 194 g/mol. The van der Waals surface area contributed by atoms with Gasteiger partial charge in [-0.15, -0.1) is 0 Å². The predicted molar refractivity (Wildman–Crippen MR) is 53.6 cm³/mol. The Morgan fingerprint density at radius 1 is 1.40 bits per heavy atom. The van der Waals surface area contributed by atoms with Crippen LogP contribution in [0.1, 0.15) is 17.4 Å². The maximum atomic E-state index is 11.0. The molecule has 1 aromatic heterocycles. The minimum Gasteiger partial charge on any atom is -0.508 e. The summed E-state index contributed by atoms with van der Waals surface area (Å²) in [5, 5.41) is 12.9. The highest BCUT2D eigenvalue weighted by molar-refractivity contribution is 5.92. The van der Waals surface area contributed by atoms with Crippen LogP contribution in [-0.4, -0.2) is 16.0 Å². The molecule has 0 saturated heterocycles. The minimum absolute atomic E-state index is 0.147. The average Bonchev–Trinajstić information content (AvgIpc) is 2.66. The van der Waals surface area contributed by atoms with Gasteiger partial charge in [0.2, 0.25) is 0 Å². The van der Waals surface area contributed by atoms with Gasteiger partial charge in [-0.25, -0.2) is 0 Å². The molecule has 1 N–H and O–H groups in total. The summed E-state index contributed by atoms with van der Waals surface area (Å²) in [6.07, 6.45) is 0. The van der Waals surface area contributed by atoms with Gasteiger partial charge in [0.1, 0.15) is 11.4 Å². The Hall–Kier alpha value is -2.10. The van der Waals surface area contributed by atoms with Crippen LogP contribution in [0.5, 0.6) is 5.75 Å². The zero-order valence-electron chi connectivity index (χ0n) is 8.10. The molecule has 15 heavy (non-hydrogen) atoms. The predicted octanol–water partition coefficient (Wildman–Crippen LogP) is 2.25. The summed E-state index contributed by atoms with van der Waals surface area (Å²) >= 11 is 0. The Bertz CT molecular complexity index is 502. The second-order valence-corrected chi connectivity index (χ2v) is 3.18. The van der Waals surface area contributed by atoms with Gasteiger partial charge in [0, 0.05) is 18.6 Å². The normalized spacial score (nSPS) is 10.2. The van der Waals surface area contributed by atoms with Crippen molar-refractivity contribution in [2.45, 2.75) is 6.92 Å². The lowest BCUT2D eigenvalue weighted by Crippen LogP contribution is -1.89. The van der Waals surface area contributed by atoms with E-state index in [4.69, 9.17) is 4.52 Å². The molecule has 0 atom stereocenters. The van der Waals surface area contributed by atoms with Crippen molar-refractivity contribution >= 4 is 5.78 Å². The summed E-state index contributed by atoms with van der Waals surface area (Å²) in [7, 11) is 0. The van der Waals surface area contributed by atoms with E-state index in [1.165, 1.54) is 6.92 Å². The summed E-state index contributed by atoms with van der Waals surface area (Å²) in [4.78, 5) is 11.0. The van der Waals surface area contributed by atoms with Gasteiger partial charge in [-0.3, -0.25) is 4.79 Å². The maximum absolute atomic E-state index is 11.0. The molecular formula is C11H9NO3. The topological polar surface area (TPSA) is 63.3 Å². The Labute approximate surface area is 86.1 Å². The van der Waals surface area contributed by atoms with Crippen LogP contribution in [0.4, 0.5) is 0 Å². The molecule has 0 bridgehead atoms.